The molecular formula is C18H14N2. The summed E-state index contributed by atoms with van der Waals surface area (Å²) in [5, 5.41) is 2.51. The van der Waals surface area contributed by atoms with Crippen LogP contribution in [0.15, 0.2) is 73.1 Å². The van der Waals surface area contributed by atoms with E-state index in [9.17, 15) is 0 Å². The lowest BCUT2D eigenvalue weighted by Gasteiger charge is -2.08. The second-order valence-corrected chi connectivity index (χ2v) is 4.99. The second-order valence-electron chi connectivity index (χ2n) is 4.99. The number of benzene rings is 2. The molecule has 0 spiro atoms. The summed E-state index contributed by atoms with van der Waals surface area (Å²) in [6.07, 6.45) is 4.04. The van der Waals surface area contributed by atoms with E-state index in [1.165, 1.54) is 21.9 Å². The fraction of sp³-hybridized carbons (Fsp3) is 0.0556. The van der Waals surface area contributed by atoms with Crippen molar-refractivity contribution in [2.24, 2.45) is 0 Å². The van der Waals surface area contributed by atoms with Crippen LogP contribution in [-0.4, -0.2) is 9.55 Å². The SMILES string of the molecule is c1ccc2c(c1)ccn2Cc1ccnc2ccccc12. The van der Waals surface area contributed by atoms with Crippen molar-refractivity contribution in [3.8, 4) is 0 Å². The molecule has 0 saturated carbocycles. The summed E-state index contributed by atoms with van der Waals surface area (Å²) >= 11 is 0. The van der Waals surface area contributed by atoms with Crippen LogP contribution in [-0.2, 0) is 6.54 Å². The van der Waals surface area contributed by atoms with Crippen molar-refractivity contribution in [2.75, 3.05) is 0 Å². The van der Waals surface area contributed by atoms with Gasteiger partial charge in [0.2, 0.25) is 0 Å². The lowest BCUT2D eigenvalue weighted by Crippen LogP contribution is -1.99. The third kappa shape index (κ3) is 1.77. The zero-order valence-electron chi connectivity index (χ0n) is 11.0. The molecule has 0 aliphatic rings. The third-order valence-corrected chi connectivity index (χ3v) is 3.76. The van der Waals surface area contributed by atoms with E-state index in [0.717, 1.165) is 12.1 Å². The molecule has 0 fully saturated rings. The summed E-state index contributed by atoms with van der Waals surface area (Å²) in [6, 6.07) is 21.1. The van der Waals surface area contributed by atoms with E-state index in [1.54, 1.807) is 0 Å². The molecule has 20 heavy (non-hydrogen) atoms. The van der Waals surface area contributed by atoms with Crippen molar-refractivity contribution < 1.29 is 0 Å². The molecule has 2 nitrogen and oxygen atoms in total. The third-order valence-electron chi connectivity index (χ3n) is 3.76. The summed E-state index contributed by atoms with van der Waals surface area (Å²) in [5.74, 6) is 0. The van der Waals surface area contributed by atoms with Crippen molar-refractivity contribution in [3.05, 3.63) is 78.6 Å². The van der Waals surface area contributed by atoms with E-state index in [2.05, 4.69) is 70.3 Å². The fourth-order valence-corrected chi connectivity index (χ4v) is 2.75. The Morgan fingerprint density at radius 2 is 1.70 bits per heavy atom. The highest BCUT2D eigenvalue weighted by atomic mass is 14.9. The van der Waals surface area contributed by atoms with Crippen LogP contribution in [0.1, 0.15) is 5.56 Å². The Morgan fingerprint density at radius 1 is 0.850 bits per heavy atom. The molecule has 2 heteroatoms. The highest BCUT2D eigenvalue weighted by Crippen LogP contribution is 2.21. The van der Waals surface area contributed by atoms with Crippen LogP contribution >= 0.6 is 0 Å². The van der Waals surface area contributed by atoms with E-state index < -0.39 is 0 Å². The number of rotatable bonds is 2. The number of fused-ring (bicyclic) bond motifs is 2. The number of hydrogen-bond donors (Lipinski definition) is 0. The summed E-state index contributed by atoms with van der Waals surface area (Å²) in [7, 11) is 0. The Bertz CT molecular complexity index is 885. The van der Waals surface area contributed by atoms with Gasteiger partial charge in [-0.3, -0.25) is 4.98 Å². The molecule has 0 atom stereocenters. The molecule has 0 aliphatic carbocycles. The molecule has 4 aromatic rings. The molecule has 2 aromatic carbocycles. The quantitative estimate of drug-likeness (QED) is 0.526. The first kappa shape index (κ1) is 11.2. The number of aromatic nitrogens is 2. The Morgan fingerprint density at radius 3 is 2.70 bits per heavy atom. The van der Waals surface area contributed by atoms with E-state index in [1.807, 2.05) is 12.3 Å². The zero-order chi connectivity index (χ0) is 13.4. The van der Waals surface area contributed by atoms with Crippen molar-refractivity contribution in [2.45, 2.75) is 6.54 Å². The van der Waals surface area contributed by atoms with E-state index in [-0.39, 0.29) is 0 Å². The molecule has 0 saturated heterocycles. The first-order valence-electron chi connectivity index (χ1n) is 6.78. The van der Waals surface area contributed by atoms with Gasteiger partial charge in [-0.05, 0) is 35.2 Å². The highest BCUT2D eigenvalue weighted by molar-refractivity contribution is 5.83. The van der Waals surface area contributed by atoms with Crippen molar-refractivity contribution >= 4 is 21.8 Å². The average Bonchev–Trinajstić information content (AvgIpc) is 2.91. The number of nitrogens with zero attached hydrogens (tertiary/aromatic N) is 2. The maximum Gasteiger partial charge on any atom is 0.0705 e. The minimum Gasteiger partial charge on any atom is -0.343 e. The summed E-state index contributed by atoms with van der Waals surface area (Å²) in [6.45, 7) is 0.872. The number of para-hydroxylation sites is 2. The molecule has 0 aliphatic heterocycles. The molecule has 0 amide bonds. The van der Waals surface area contributed by atoms with Gasteiger partial charge < -0.3 is 4.57 Å². The first-order chi connectivity index (χ1) is 9.92. The van der Waals surface area contributed by atoms with Crippen LogP contribution < -0.4 is 0 Å². The standard InChI is InChI=1S/C18H14N2/c1-4-8-18-14(5-1)10-12-20(18)13-15-9-11-19-17-7-3-2-6-16(15)17/h1-12H,13H2. The predicted octanol–water partition coefficient (Wildman–Crippen LogP) is 4.24. The minimum atomic E-state index is 0.872. The van der Waals surface area contributed by atoms with Crippen LogP contribution in [0, 0.1) is 0 Å². The van der Waals surface area contributed by atoms with Gasteiger partial charge in [0.15, 0.2) is 0 Å². The number of pyridine rings is 1. The molecule has 2 aromatic heterocycles. The predicted molar refractivity (Wildman–Crippen MR) is 82.8 cm³/mol. The smallest absolute Gasteiger partial charge is 0.0705 e. The second kappa shape index (κ2) is 4.49. The normalized spacial score (nSPS) is 11.2. The topological polar surface area (TPSA) is 17.8 Å². The zero-order valence-corrected chi connectivity index (χ0v) is 11.0. The summed E-state index contributed by atoms with van der Waals surface area (Å²) in [5.41, 5.74) is 3.63. The van der Waals surface area contributed by atoms with Gasteiger partial charge in [0.25, 0.3) is 0 Å². The highest BCUT2D eigenvalue weighted by Gasteiger charge is 2.04. The van der Waals surface area contributed by atoms with Gasteiger partial charge in [0.05, 0.1) is 5.52 Å². The Hall–Kier alpha value is -2.61. The fourth-order valence-electron chi connectivity index (χ4n) is 2.75. The van der Waals surface area contributed by atoms with Gasteiger partial charge in [-0.15, -0.1) is 0 Å². The monoisotopic (exact) mass is 258 g/mol. The van der Waals surface area contributed by atoms with Gasteiger partial charge >= 0.3 is 0 Å². The summed E-state index contributed by atoms with van der Waals surface area (Å²) < 4.78 is 2.29. The molecule has 2 heterocycles. The van der Waals surface area contributed by atoms with Crippen LogP contribution in [0.25, 0.3) is 21.8 Å². The van der Waals surface area contributed by atoms with Crippen LogP contribution in [0.2, 0.25) is 0 Å². The lowest BCUT2D eigenvalue weighted by molar-refractivity contribution is 0.842. The Kier molecular flexibility index (Phi) is 2.52. The van der Waals surface area contributed by atoms with Gasteiger partial charge in [0, 0.05) is 29.8 Å². The minimum absolute atomic E-state index is 0.872. The average molecular weight is 258 g/mol. The molecule has 0 N–H and O–H groups in total. The Labute approximate surface area is 117 Å². The van der Waals surface area contributed by atoms with Crippen LogP contribution in [0.5, 0.6) is 0 Å². The Balaban J connectivity index is 1.85. The maximum absolute atomic E-state index is 4.42. The van der Waals surface area contributed by atoms with E-state index >= 15 is 0 Å². The molecule has 0 unspecified atom stereocenters. The van der Waals surface area contributed by atoms with Crippen molar-refractivity contribution in [1.29, 1.82) is 0 Å². The maximum atomic E-state index is 4.42. The van der Waals surface area contributed by atoms with Gasteiger partial charge in [0.1, 0.15) is 0 Å². The molecule has 96 valence electrons. The number of hydrogen-bond acceptors (Lipinski definition) is 1. The van der Waals surface area contributed by atoms with Crippen LogP contribution in [0.4, 0.5) is 0 Å². The molecule has 0 bridgehead atoms. The summed E-state index contributed by atoms with van der Waals surface area (Å²) in [4.78, 5) is 4.42. The molecular weight excluding hydrogens is 244 g/mol. The van der Waals surface area contributed by atoms with E-state index in [0.29, 0.717) is 0 Å². The van der Waals surface area contributed by atoms with Crippen molar-refractivity contribution in [1.82, 2.24) is 9.55 Å². The van der Waals surface area contributed by atoms with Gasteiger partial charge in [-0.1, -0.05) is 36.4 Å². The van der Waals surface area contributed by atoms with Crippen molar-refractivity contribution in [3.63, 3.8) is 0 Å². The van der Waals surface area contributed by atoms with Gasteiger partial charge in [-0.2, -0.15) is 0 Å². The molecule has 0 radical (unpaired) electrons. The van der Waals surface area contributed by atoms with Gasteiger partial charge in [-0.25, -0.2) is 0 Å². The van der Waals surface area contributed by atoms with E-state index in [4.69, 9.17) is 0 Å². The van der Waals surface area contributed by atoms with Crippen LogP contribution in [0.3, 0.4) is 0 Å². The molecule has 4 rings (SSSR count). The lowest BCUT2D eigenvalue weighted by atomic mass is 10.1. The largest absolute Gasteiger partial charge is 0.343 e. The first-order valence-corrected chi connectivity index (χ1v) is 6.78.